The van der Waals surface area contributed by atoms with E-state index in [0.717, 1.165) is 37.7 Å². The van der Waals surface area contributed by atoms with Crippen LogP contribution in [0.4, 0.5) is 0 Å². The predicted octanol–water partition coefficient (Wildman–Crippen LogP) is -0.0863. The Morgan fingerprint density at radius 1 is 1.30 bits per heavy atom. The van der Waals surface area contributed by atoms with Gasteiger partial charge >= 0.3 is 0 Å². The molecule has 20 heavy (non-hydrogen) atoms. The second kappa shape index (κ2) is 5.72. The molecule has 0 amide bonds. The molecule has 0 saturated carbocycles. The van der Waals surface area contributed by atoms with E-state index in [1.54, 1.807) is 10.9 Å². The van der Waals surface area contributed by atoms with Crippen LogP contribution < -0.4 is 0 Å². The first kappa shape index (κ1) is 13.3. The third-order valence-electron chi connectivity index (χ3n) is 3.65. The maximum Gasteiger partial charge on any atom is 0.147 e. The van der Waals surface area contributed by atoms with Gasteiger partial charge in [-0.3, -0.25) is 9.58 Å². The van der Waals surface area contributed by atoms with Gasteiger partial charge in [0.15, 0.2) is 0 Å². The van der Waals surface area contributed by atoms with Crippen LogP contribution in [0.15, 0.2) is 18.5 Å². The van der Waals surface area contributed by atoms with Crippen LogP contribution in [-0.4, -0.2) is 53.7 Å². The van der Waals surface area contributed by atoms with Crippen LogP contribution in [0.2, 0.25) is 0 Å². The van der Waals surface area contributed by atoms with Crippen molar-refractivity contribution >= 4 is 0 Å². The largest absolute Gasteiger partial charge is 0.390 e. The number of hydrogen-bond acceptors (Lipinski definition) is 5. The van der Waals surface area contributed by atoms with Gasteiger partial charge in [-0.25, -0.2) is 0 Å². The van der Waals surface area contributed by atoms with Crippen molar-refractivity contribution in [3.05, 3.63) is 30.1 Å². The molecule has 0 radical (unpaired) electrons. The lowest BCUT2D eigenvalue weighted by Crippen LogP contribution is -2.40. The number of β-amino-alcohol motifs (C(OH)–C–C–N with tert-alkyl or cyclic N) is 1. The SMILES string of the molecule is CCc1nnc2n1CCN(C[C@@H](O)Cn1cccn1)C2. The Labute approximate surface area is 117 Å². The summed E-state index contributed by atoms with van der Waals surface area (Å²) >= 11 is 0. The van der Waals surface area contributed by atoms with E-state index in [4.69, 9.17) is 0 Å². The molecule has 0 fully saturated rings. The molecule has 1 N–H and O–H groups in total. The molecule has 7 nitrogen and oxygen atoms in total. The Morgan fingerprint density at radius 2 is 2.20 bits per heavy atom. The van der Waals surface area contributed by atoms with E-state index in [1.165, 1.54) is 0 Å². The summed E-state index contributed by atoms with van der Waals surface area (Å²) < 4.78 is 3.95. The van der Waals surface area contributed by atoms with Gasteiger partial charge in [-0.2, -0.15) is 5.10 Å². The van der Waals surface area contributed by atoms with E-state index in [2.05, 4.69) is 31.7 Å². The van der Waals surface area contributed by atoms with Gasteiger partial charge in [-0.15, -0.1) is 10.2 Å². The van der Waals surface area contributed by atoms with E-state index in [-0.39, 0.29) is 0 Å². The Balaban J connectivity index is 1.57. The molecule has 0 aromatic carbocycles. The molecule has 7 heteroatoms. The molecule has 1 aliphatic rings. The average molecular weight is 276 g/mol. The number of aliphatic hydroxyl groups is 1. The highest BCUT2D eigenvalue weighted by Crippen LogP contribution is 2.13. The number of aliphatic hydroxyl groups excluding tert-OH is 1. The molecule has 2 aromatic rings. The van der Waals surface area contributed by atoms with E-state index >= 15 is 0 Å². The lowest BCUT2D eigenvalue weighted by molar-refractivity contribution is 0.0809. The zero-order valence-electron chi connectivity index (χ0n) is 11.7. The molecule has 0 aliphatic carbocycles. The molecule has 108 valence electrons. The van der Waals surface area contributed by atoms with Crippen LogP contribution >= 0.6 is 0 Å². The first-order valence-electron chi connectivity index (χ1n) is 7.05. The van der Waals surface area contributed by atoms with Gasteiger partial charge < -0.3 is 9.67 Å². The van der Waals surface area contributed by atoms with Crippen LogP contribution in [0.25, 0.3) is 0 Å². The Hall–Kier alpha value is -1.73. The fraction of sp³-hybridized carbons (Fsp3) is 0.615. The highest BCUT2D eigenvalue weighted by Gasteiger charge is 2.22. The summed E-state index contributed by atoms with van der Waals surface area (Å²) in [5.74, 6) is 2.05. The maximum absolute atomic E-state index is 10.1. The number of fused-ring (bicyclic) bond motifs is 1. The van der Waals surface area contributed by atoms with Crippen LogP contribution in [-0.2, 0) is 26.1 Å². The van der Waals surface area contributed by atoms with E-state index in [0.29, 0.717) is 13.1 Å². The molecule has 0 bridgehead atoms. The first-order valence-corrected chi connectivity index (χ1v) is 7.05. The third kappa shape index (κ3) is 2.73. The molecule has 0 unspecified atom stereocenters. The standard InChI is InChI=1S/C13H20N6O/c1-2-12-15-16-13-10-17(6-7-19(12)13)8-11(20)9-18-5-3-4-14-18/h3-5,11,20H,2,6-10H2,1H3/t11-/m1/s1. The second-order valence-corrected chi connectivity index (χ2v) is 5.15. The van der Waals surface area contributed by atoms with Gasteiger partial charge in [-0.05, 0) is 6.07 Å². The zero-order chi connectivity index (χ0) is 13.9. The molecular weight excluding hydrogens is 256 g/mol. The molecule has 1 aliphatic heterocycles. The summed E-state index contributed by atoms with van der Waals surface area (Å²) in [4.78, 5) is 2.22. The Morgan fingerprint density at radius 3 is 2.95 bits per heavy atom. The van der Waals surface area contributed by atoms with Gasteiger partial charge in [0, 0.05) is 38.4 Å². The lowest BCUT2D eigenvalue weighted by Gasteiger charge is -2.29. The van der Waals surface area contributed by atoms with Crippen LogP contribution in [0.1, 0.15) is 18.6 Å². The number of nitrogens with zero attached hydrogens (tertiary/aromatic N) is 6. The minimum absolute atomic E-state index is 0.421. The summed E-state index contributed by atoms with van der Waals surface area (Å²) in [5.41, 5.74) is 0. The number of aryl methyl sites for hydroxylation is 1. The maximum atomic E-state index is 10.1. The Bertz CT molecular complexity index is 549. The molecule has 3 heterocycles. The fourth-order valence-electron chi connectivity index (χ4n) is 2.67. The van der Waals surface area contributed by atoms with Crippen molar-refractivity contribution < 1.29 is 5.11 Å². The highest BCUT2D eigenvalue weighted by atomic mass is 16.3. The van der Waals surface area contributed by atoms with Gasteiger partial charge in [0.25, 0.3) is 0 Å². The number of aromatic nitrogens is 5. The van der Waals surface area contributed by atoms with E-state index in [9.17, 15) is 5.11 Å². The smallest absolute Gasteiger partial charge is 0.147 e. The summed E-state index contributed by atoms with van der Waals surface area (Å²) in [6, 6.07) is 1.86. The molecule has 0 saturated heterocycles. The normalized spacial score (nSPS) is 17.1. The topological polar surface area (TPSA) is 72.0 Å². The minimum Gasteiger partial charge on any atom is -0.390 e. The fourth-order valence-corrected chi connectivity index (χ4v) is 2.67. The average Bonchev–Trinajstić information content (AvgIpc) is 3.07. The number of hydrogen-bond donors (Lipinski definition) is 1. The lowest BCUT2D eigenvalue weighted by atomic mass is 10.2. The quantitative estimate of drug-likeness (QED) is 0.826. The van der Waals surface area contributed by atoms with Crippen LogP contribution in [0.3, 0.4) is 0 Å². The molecule has 0 spiro atoms. The van der Waals surface area contributed by atoms with Crippen LogP contribution in [0.5, 0.6) is 0 Å². The van der Waals surface area contributed by atoms with E-state index in [1.807, 2.05) is 12.3 Å². The Kier molecular flexibility index (Phi) is 3.79. The molecule has 2 aromatic heterocycles. The van der Waals surface area contributed by atoms with Crippen molar-refractivity contribution in [3.8, 4) is 0 Å². The van der Waals surface area contributed by atoms with Gasteiger partial charge in [0.05, 0.1) is 19.2 Å². The van der Waals surface area contributed by atoms with Crippen molar-refractivity contribution in [1.82, 2.24) is 29.4 Å². The van der Waals surface area contributed by atoms with Gasteiger partial charge in [-0.1, -0.05) is 6.92 Å². The van der Waals surface area contributed by atoms with Gasteiger partial charge in [0.2, 0.25) is 0 Å². The minimum atomic E-state index is -0.421. The summed E-state index contributed by atoms with van der Waals surface area (Å²) in [6.07, 6.45) is 4.08. The second-order valence-electron chi connectivity index (χ2n) is 5.15. The summed E-state index contributed by atoms with van der Waals surface area (Å²) in [7, 11) is 0. The van der Waals surface area contributed by atoms with Crippen LogP contribution in [0, 0.1) is 0 Å². The first-order chi connectivity index (χ1) is 9.76. The summed E-state index contributed by atoms with van der Waals surface area (Å²) in [6.45, 7) is 5.83. The van der Waals surface area contributed by atoms with Crippen molar-refractivity contribution in [3.63, 3.8) is 0 Å². The van der Waals surface area contributed by atoms with Crippen molar-refractivity contribution in [2.45, 2.75) is 39.1 Å². The van der Waals surface area contributed by atoms with Crippen molar-refractivity contribution in [2.24, 2.45) is 0 Å². The summed E-state index contributed by atoms with van der Waals surface area (Å²) in [5, 5.41) is 22.7. The van der Waals surface area contributed by atoms with E-state index < -0.39 is 6.10 Å². The molecular formula is C13H20N6O. The molecule has 1 atom stereocenters. The monoisotopic (exact) mass is 276 g/mol. The predicted molar refractivity (Wildman–Crippen MR) is 72.9 cm³/mol. The zero-order valence-corrected chi connectivity index (χ0v) is 11.7. The third-order valence-corrected chi connectivity index (χ3v) is 3.65. The van der Waals surface area contributed by atoms with Crippen molar-refractivity contribution in [1.29, 1.82) is 0 Å². The van der Waals surface area contributed by atoms with Gasteiger partial charge in [0.1, 0.15) is 11.6 Å². The molecule has 3 rings (SSSR count). The number of rotatable bonds is 5. The van der Waals surface area contributed by atoms with Crippen molar-refractivity contribution in [2.75, 3.05) is 13.1 Å². The highest BCUT2D eigenvalue weighted by molar-refractivity contribution is 4.99.